The van der Waals surface area contributed by atoms with Crippen LogP contribution in [0.25, 0.3) is 0 Å². The van der Waals surface area contributed by atoms with Crippen LogP contribution in [0, 0.1) is 6.92 Å². The van der Waals surface area contributed by atoms with Crippen molar-refractivity contribution in [1.82, 2.24) is 0 Å². The van der Waals surface area contributed by atoms with E-state index in [0.717, 1.165) is 5.69 Å². The van der Waals surface area contributed by atoms with Crippen LogP contribution < -0.4 is 5.32 Å². The summed E-state index contributed by atoms with van der Waals surface area (Å²) in [6.07, 6.45) is -0.497. The zero-order chi connectivity index (χ0) is 12.1. The molecule has 0 saturated carbocycles. The van der Waals surface area contributed by atoms with Crippen LogP contribution in [0.5, 0.6) is 0 Å². The van der Waals surface area contributed by atoms with Crippen LogP contribution in [0.2, 0.25) is 0 Å². The number of benzene rings is 1. The van der Waals surface area contributed by atoms with Gasteiger partial charge in [-0.2, -0.15) is 0 Å². The van der Waals surface area contributed by atoms with Gasteiger partial charge in [0.25, 0.3) is 0 Å². The summed E-state index contributed by atoms with van der Waals surface area (Å²) in [6.45, 7) is 6.88. The van der Waals surface area contributed by atoms with Gasteiger partial charge in [-0.1, -0.05) is 26.0 Å². The van der Waals surface area contributed by atoms with Crippen molar-refractivity contribution in [3.63, 3.8) is 0 Å². The van der Waals surface area contributed by atoms with Gasteiger partial charge in [-0.15, -0.1) is 11.6 Å². The van der Waals surface area contributed by atoms with E-state index in [1.165, 1.54) is 11.1 Å². The van der Waals surface area contributed by atoms with Gasteiger partial charge in [0, 0.05) is 12.2 Å². The molecule has 1 aromatic carbocycles. The fourth-order valence-corrected chi connectivity index (χ4v) is 1.58. The van der Waals surface area contributed by atoms with Crippen LogP contribution in [-0.4, -0.2) is 23.6 Å². The van der Waals surface area contributed by atoms with Gasteiger partial charge in [0.05, 0.1) is 12.0 Å². The molecule has 0 aliphatic rings. The molecule has 3 heteroatoms. The standard InChI is InChI=1S/C13H20ClNO/c1-9(2)11-5-4-10(3)13(6-11)15-8-12(16)7-14/h4-6,9,12,15-16H,7-8H2,1-3H3. The summed E-state index contributed by atoms with van der Waals surface area (Å²) in [4.78, 5) is 0. The van der Waals surface area contributed by atoms with Gasteiger partial charge in [0.1, 0.15) is 0 Å². The number of halogens is 1. The molecule has 0 spiro atoms. The molecule has 16 heavy (non-hydrogen) atoms. The predicted octanol–water partition coefficient (Wildman–Crippen LogP) is 3.13. The second kappa shape index (κ2) is 6.12. The summed E-state index contributed by atoms with van der Waals surface area (Å²) >= 11 is 5.55. The first-order valence-corrected chi connectivity index (χ1v) is 6.16. The molecule has 0 aliphatic heterocycles. The molecule has 1 atom stereocenters. The van der Waals surface area contributed by atoms with Crippen LogP contribution in [0.3, 0.4) is 0 Å². The highest BCUT2D eigenvalue weighted by molar-refractivity contribution is 6.18. The number of rotatable bonds is 5. The van der Waals surface area contributed by atoms with Crippen molar-refractivity contribution in [2.75, 3.05) is 17.7 Å². The molecule has 0 amide bonds. The zero-order valence-electron chi connectivity index (χ0n) is 10.1. The van der Waals surface area contributed by atoms with Crippen LogP contribution in [0.4, 0.5) is 5.69 Å². The third-order valence-corrected chi connectivity index (χ3v) is 2.99. The lowest BCUT2D eigenvalue weighted by atomic mass is 10.0. The van der Waals surface area contributed by atoms with Crippen molar-refractivity contribution < 1.29 is 5.11 Å². The first-order chi connectivity index (χ1) is 7.54. The van der Waals surface area contributed by atoms with Gasteiger partial charge in [-0.25, -0.2) is 0 Å². The van der Waals surface area contributed by atoms with E-state index in [1.807, 2.05) is 0 Å². The van der Waals surface area contributed by atoms with Crippen LogP contribution in [0.1, 0.15) is 30.9 Å². The molecule has 0 heterocycles. The Kier molecular flexibility index (Phi) is 5.10. The van der Waals surface area contributed by atoms with E-state index >= 15 is 0 Å². The number of hydrogen-bond acceptors (Lipinski definition) is 2. The van der Waals surface area contributed by atoms with E-state index in [0.29, 0.717) is 12.5 Å². The molecule has 0 aliphatic carbocycles. The minimum atomic E-state index is -0.497. The second-order valence-electron chi connectivity index (χ2n) is 4.42. The highest BCUT2D eigenvalue weighted by atomic mass is 35.5. The lowest BCUT2D eigenvalue weighted by Gasteiger charge is -2.15. The van der Waals surface area contributed by atoms with Gasteiger partial charge >= 0.3 is 0 Å². The normalized spacial score (nSPS) is 12.9. The highest BCUT2D eigenvalue weighted by Gasteiger charge is 2.05. The summed E-state index contributed by atoms with van der Waals surface area (Å²) in [5.41, 5.74) is 3.56. The Morgan fingerprint density at radius 1 is 1.38 bits per heavy atom. The number of anilines is 1. The van der Waals surface area contributed by atoms with E-state index in [9.17, 15) is 5.11 Å². The van der Waals surface area contributed by atoms with Crippen LogP contribution in [-0.2, 0) is 0 Å². The number of nitrogens with one attached hydrogen (secondary N) is 1. The third kappa shape index (κ3) is 3.69. The Morgan fingerprint density at radius 3 is 2.62 bits per heavy atom. The van der Waals surface area contributed by atoms with Gasteiger partial charge in [-0.05, 0) is 30.0 Å². The third-order valence-electron chi connectivity index (χ3n) is 2.63. The fraction of sp³-hybridized carbons (Fsp3) is 0.538. The topological polar surface area (TPSA) is 32.3 Å². The van der Waals surface area contributed by atoms with Crippen LogP contribution >= 0.6 is 11.6 Å². The number of hydrogen-bond donors (Lipinski definition) is 2. The molecular formula is C13H20ClNO. The lowest BCUT2D eigenvalue weighted by Crippen LogP contribution is -2.21. The first kappa shape index (κ1) is 13.3. The Bertz CT molecular complexity index is 339. The molecule has 1 rings (SSSR count). The minimum Gasteiger partial charge on any atom is -0.390 e. The summed E-state index contributed by atoms with van der Waals surface area (Å²) in [6, 6.07) is 6.38. The van der Waals surface area contributed by atoms with E-state index < -0.39 is 6.10 Å². The van der Waals surface area contributed by atoms with Crippen molar-refractivity contribution in [3.05, 3.63) is 29.3 Å². The predicted molar refractivity (Wildman–Crippen MR) is 70.5 cm³/mol. The number of aryl methyl sites for hydroxylation is 1. The van der Waals surface area contributed by atoms with E-state index in [1.54, 1.807) is 0 Å². The first-order valence-electron chi connectivity index (χ1n) is 5.63. The number of alkyl halides is 1. The average molecular weight is 242 g/mol. The largest absolute Gasteiger partial charge is 0.390 e. The van der Waals surface area contributed by atoms with Crippen molar-refractivity contribution in [1.29, 1.82) is 0 Å². The Morgan fingerprint density at radius 2 is 2.06 bits per heavy atom. The van der Waals surface area contributed by atoms with Crippen molar-refractivity contribution in [3.8, 4) is 0 Å². The highest BCUT2D eigenvalue weighted by Crippen LogP contribution is 2.22. The molecule has 0 saturated heterocycles. The number of aliphatic hydroxyl groups is 1. The van der Waals surface area contributed by atoms with Gasteiger partial charge in [0.15, 0.2) is 0 Å². The lowest BCUT2D eigenvalue weighted by molar-refractivity contribution is 0.211. The molecule has 1 unspecified atom stereocenters. The Balaban J connectivity index is 2.74. The quantitative estimate of drug-likeness (QED) is 0.777. The monoisotopic (exact) mass is 241 g/mol. The van der Waals surface area contributed by atoms with E-state index in [-0.39, 0.29) is 5.88 Å². The smallest absolute Gasteiger partial charge is 0.0847 e. The summed E-state index contributed by atoms with van der Waals surface area (Å²) in [5, 5.41) is 12.6. The fourth-order valence-electron chi connectivity index (χ4n) is 1.47. The maximum absolute atomic E-state index is 9.39. The molecule has 0 aromatic heterocycles. The second-order valence-corrected chi connectivity index (χ2v) is 4.73. The average Bonchev–Trinajstić information content (AvgIpc) is 2.27. The van der Waals surface area contributed by atoms with Crippen LogP contribution in [0.15, 0.2) is 18.2 Å². The Labute approximate surface area is 103 Å². The zero-order valence-corrected chi connectivity index (χ0v) is 10.9. The summed E-state index contributed by atoms with van der Waals surface area (Å²) in [7, 11) is 0. The van der Waals surface area contributed by atoms with Crippen molar-refractivity contribution >= 4 is 17.3 Å². The van der Waals surface area contributed by atoms with Gasteiger partial charge in [-0.3, -0.25) is 0 Å². The van der Waals surface area contributed by atoms with Gasteiger partial charge in [0.2, 0.25) is 0 Å². The van der Waals surface area contributed by atoms with Crippen molar-refractivity contribution in [2.24, 2.45) is 0 Å². The molecule has 2 nitrogen and oxygen atoms in total. The van der Waals surface area contributed by atoms with Gasteiger partial charge < -0.3 is 10.4 Å². The molecule has 90 valence electrons. The molecule has 2 N–H and O–H groups in total. The van der Waals surface area contributed by atoms with E-state index in [2.05, 4.69) is 44.3 Å². The molecule has 0 fully saturated rings. The molecule has 0 bridgehead atoms. The van der Waals surface area contributed by atoms with E-state index in [4.69, 9.17) is 11.6 Å². The molecular weight excluding hydrogens is 222 g/mol. The Hall–Kier alpha value is -0.730. The maximum Gasteiger partial charge on any atom is 0.0847 e. The maximum atomic E-state index is 9.39. The van der Waals surface area contributed by atoms with Crippen molar-refractivity contribution in [2.45, 2.75) is 32.8 Å². The minimum absolute atomic E-state index is 0.260. The summed E-state index contributed by atoms with van der Waals surface area (Å²) in [5.74, 6) is 0.773. The SMILES string of the molecule is Cc1ccc(C(C)C)cc1NCC(O)CCl. The molecule has 1 aromatic rings. The summed E-state index contributed by atoms with van der Waals surface area (Å²) < 4.78 is 0. The molecule has 0 radical (unpaired) electrons. The number of aliphatic hydroxyl groups excluding tert-OH is 1.